The van der Waals surface area contributed by atoms with E-state index in [9.17, 15) is 9.59 Å². The molecule has 2 saturated heterocycles. The number of aryl methyl sites for hydroxylation is 1. The van der Waals surface area contributed by atoms with Crippen molar-refractivity contribution in [1.82, 2.24) is 19.9 Å². The lowest BCUT2D eigenvalue weighted by Gasteiger charge is -2.44. The van der Waals surface area contributed by atoms with Gasteiger partial charge in [-0.15, -0.1) is 0 Å². The molecule has 2 aliphatic heterocycles. The molecule has 0 bridgehead atoms. The van der Waals surface area contributed by atoms with Gasteiger partial charge in [-0.05, 0) is 51.0 Å². The molecular weight excluding hydrogens is 344 g/mol. The number of carbonyl (C=O) groups excluding carboxylic acids is 2. The van der Waals surface area contributed by atoms with Gasteiger partial charge in [0, 0.05) is 46.3 Å². The topological polar surface area (TPSA) is 69.9 Å². The van der Waals surface area contributed by atoms with Gasteiger partial charge in [-0.2, -0.15) is 0 Å². The second kappa shape index (κ2) is 6.33. The van der Waals surface area contributed by atoms with Crippen LogP contribution in [0.25, 0.3) is 0 Å². The van der Waals surface area contributed by atoms with Crippen molar-refractivity contribution in [3.05, 3.63) is 17.5 Å². The summed E-state index contributed by atoms with van der Waals surface area (Å²) in [5, 5.41) is 3.87. The van der Waals surface area contributed by atoms with Crippen molar-refractivity contribution in [2.45, 2.75) is 32.6 Å². The Balaban J connectivity index is 1.51. The minimum atomic E-state index is -0.242. The summed E-state index contributed by atoms with van der Waals surface area (Å²) in [4.78, 5) is 31.8. The molecule has 3 fully saturated rings. The molecule has 3 aliphatic rings. The first-order valence-electron chi connectivity index (χ1n) is 9.90. The number of rotatable bonds is 2. The van der Waals surface area contributed by atoms with E-state index in [0.29, 0.717) is 17.4 Å². The second-order valence-corrected chi connectivity index (χ2v) is 9.08. The highest BCUT2D eigenvalue weighted by Crippen LogP contribution is 2.62. The van der Waals surface area contributed by atoms with E-state index in [1.807, 2.05) is 19.0 Å². The third-order valence-corrected chi connectivity index (χ3v) is 7.25. The summed E-state index contributed by atoms with van der Waals surface area (Å²) in [7, 11) is 5.87. The molecule has 7 nitrogen and oxygen atoms in total. The van der Waals surface area contributed by atoms with E-state index >= 15 is 0 Å². The first kappa shape index (κ1) is 18.5. The third-order valence-electron chi connectivity index (χ3n) is 7.25. The standard InChI is InChI=1S/C20H30N4O3/c1-14-11-15(21-27-14)17(25)24-9-7-19(8-10-24)5-6-20(18(26)22(2)3)13-23(4)12-16(19)20/h11,16H,5-10,12-13H2,1-4H3/t16-,20+/m0/s1. The summed E-state index contributed by atoms with van der Waals surface area (Å²) >= 11 is 0. The summed E-state index contributed by atoms with van der Waals surface area (Å²) in [6.07, 6.45) is 4.00. The molecule has 4 rings (SSSR count). The van der Waals surface area contributed by atoms with Gasteiger partial charge >= 0.3 is 0 Å². The van der Waals surface area contributed by atoms with Crippen LogP contribution < -0.4 is 0 Å². The van der Waals surface area contributed by atoms with Crippen LogP contribution >= 0.6 is 0 Å². The van der Waals surface area contributed by atoms with Gasteiger partial charge in [-0.3, -0.25) is 9.59 Å². The Morgan fingerprint density at radius 1 is 1.22 bits per heavy atom. The molecule has 1 spiro atoms. The van der Waals surface area contributed by atoms with Crippen molar-refractivity contribution >= 4 is 11.8 Å². The molecule has 1 aromatic heterocycles. The highest BCUT2D eigenvalue weighted by atomic mass is 16.5. The zero-order valence-corrected chi connectivity index (χ0v) is 16.8. The van der Waals surface area contributed by atoms with Crippen molar-refractivity contribution in [1.29, 1.82) is 0 Å². The first-order chi connectivity index (χ1) is 12.8. The lowest BCUT2D eigenvalue weighted by Crippen LogP contribution is -2.49. The van der Waals surface area contributed by atoms with E-state index in [1.165, 1.54) is 0 Å². The molecule has 0 radical (unpaired) electrons. The molecular formula is C20H30N4O3. The lowest BCUT2D eigenvalue weighted by atomic mass is 9.65. The highest BCUT2D eigenvalue weighted by molar-refractivity contribution is 5.92. The lowest BCUT2D eigenvalue weighted by molar-refractivity contribution is -0.141. The minimum absolute atomic E-state index is 0.0427. The van der Waals surface area contributed by atoms with Crippen LogP contribution in [0.15, 0.2) is 10.6 Å². The Kier molecular flexibility index (Phi) is 4.33. The van der Waals surface area contributed by atoms with Crippen LogP contribution in [0, 0.1) is 23.7 Å². The average molecular weight is 374 g/mol. The molecule has 0 aromatic carbocycles. The van der Waals surface area contributed by atoms with Crippen molar-refractivity contribution < 1.29 is 14.1 Å². The molecule has 148 valence electrons. The third kappa shape index (κ3) is 2.78. The summed E-state index contributed by atoms with van der Waals surface area (Å²) in [6.45, 7) is 5.10. The van der Waals surface area contributed by atoms with Gasteiger partial charge < -0.3 is 19.2 Å². The zero-order valence-electron chi connectivity index (χ0n) is 16.8. The number of hydrogen-bond donors (Lipinski definition) is 0. The molecule has 1 aromatic rings. The number of carbonyl (C=O) groups is 2. The van der Waals surface area contributed by atoms with Crippen LogP contribution in [0.1, 0.15) is 41.9 Å². The van der Waals surface area contributed by atoms with E-state index in [2.05, 4.69) is 17.1 Å². The van der Waals surface area contributed by atoms with Gasteiger partial charge in [-0.1, -0.05) is 5.16 Å². The molecule has 1 saturated carbocycles. The van der Waals surface area contributed by atoms with Gasteiger partial charge in [0.2, 0.25) is 5.91 Å². The maximum atomic E-state index is 13.1. The molecule has 0 N–H and O–H groups in total. The number of likely N-dealkylation sites (tertiary alicyclic amines) is 2. The van der Waals surface area contributed by atoms with Crippen molar-refractivity contribution in [2.24, 2.45) is 16.7 Å². The summed E-state index contributed by atoms with van der Waals surface area (Å²) in [5.74, 6) is 1.28. The normalized spacial score (nSPS) is 29.9. The SMILES string of the molecule is Cc1cc(C(=O)N2CCC3(CC2)CC[C@@]2(C(=O)N(C)C)CN(C)C[C@@H]32)no1. The molecule has 2 atom stereocenters. The van der Waals surface area contributed by atoms with Crippen molar-refractivity contribution in [2.75, 3.05) is 47.3 Å². The number of fused-ring (bicyclic) bond motifs is 2. The Labute approximate surface area is 160 Å². The maximum Gasteiger partial charge on any atom is 0.276 e. The summed E-state index contributed by atoms with van der Waals surface area (Å²) in [6, 6.07) is 1.70. The van der Waals surface area contributed by atoms with E-state index in [4.69, 9.17) is 4.52 Å². The van der Waals surface area contributed by atoms with Crippen molar-refractivity contribution in [3.8, 4) is 0 Å². The molecule has 3 heterocycles. The predicted octanol–water partition coefficient (Wildman–Crippen LogP) is 1.64. The van der Waals surface area contributed by atoms with Crippen LogP contribution in [-0.2, 0) is 4.79 Å². The van der Waals surface area contributed by atoms with Gasteiger partial charge in [-0.25, -0.2) is 0 Å². The van der Waals surface area contributed by atoms with Crippen molar-refractivity contribution in [3.63, 3.8) is 0 Å². The number of piperidine rings is 1. The van der Waals surface area contributed by atoms with Crippen LogP contribution in [0.5, 0.6) is 0 Å². The number of aromatic nitrogens is 1. The first-order valence-corrected chi connectivity index (χ1v) is 9.90. The number of nitrogens with zero attached hydrogens (tertiary/aromatic N) is 4. The predicted molar refractivity (Wildman–Crippen MR) is 100 cm³/mol. The summed E-state index contributed by atoms with van der Waals surface area (Å²) in [5.41, 5.74) is 0.327. The molecule has 1 aliphatic carbocycles. The van der Waals surface area contributed by atoms with E-state index in [-0.39, 0.29) is 22.6 Å². The molecule has 0 unspecified atom stereocenters. The largest absolute Gasteiger partial charge is 0.361 e. The fourth-order valence-corrected chi connectivity index (χ4v) is 5.97. The van der Waals surface area contributed by atoms with Gasteiger partial charge in [0.25, 0.3) is 5.91 Å². The molecule has 7 heteroatoms. The van der Waals surface area contributed by atoms with Gasteiger partial charge in [0.05, 0.1) is 5.41 Å². The minimum Gasteiger partial charge on any atom is -0.361 e. The van der Waals surface area contributed by atoms with Gasteiger partial charge in [0.1, 0.15) is 5.76 Å². The van der Waals surface area contributed by atoms with Crippen LogP contribution in [0.4, 0.5) is 0 Å². The Morgan fingerprint density at radius 2 is 1.93 bits per heavy atom. The molecule has 27 heavy (non-hydrogen) atoms. The van der Waals surface area contributed by atoms with E-state index in [1.54, 1.807) is 17.9 Å². The van der Waals surface area contributed by atoms with E-state index in [0.717, 1.165) is 51.9 Å². The quantitative estimate of drug-likeness (QED) is 0.787. The summed E-state index contributed by atoms with van der Waals surface area (Å²) < 4.78 is 5.06. The van der Waals surface area contributed by atoms with Crippen LogP contribution in [-0.4, -0.2) is 79.0 Å². The van der Waals surface area contributed by atoms with E-state index < -0.39 is 0 Å². The Bertz CT molecular complexity index is 750. The second-order valence-electron chi connectivity index (χ2n) is 9.08. The van der Waals surface area contributed by atoms with Gasteiger partial charge in [0.15, 0.2) is 5.69 Å². The number of amides is 2. The number of hydrogen-bond acceptors (Lipinski definition) is 5. The maximum absolute atomic E-state index is 13.1. The fourth-order valence-electron chi connectivity index (χ4n) is 5.97. The smallest absolute Gasteiger partial charge is 0.276 e. The Morgan fingerprint density at radius 3 is 2.52 bits per heavy atom. The highest BCUT2D eigenvalue weighted by Gasteiger charge is 2.64. The van der Waals surface area contributed by atoms with Crippen LogP contribution in [0.2, 0.25) is 0 Å². The zero-order chi connectivity index (χ0) is 19.4. The fraction of sp³-hybridized carbons (Fsp3) is 0.750. The monoisotopic (exact) mass is 374 g/mol. The van der Waals surface area contributed by atoms with Crippen LogP contribution in [0.3, 0.4) is 0 Å². The molecule has 2 amide bonds. The Hall–Kier alpha value is -1.89. The average Bonchev–Trinajstić information content (AvgIpc) is 3.30.